The highest BCUT2D eigenvalue weighted by Crippen LogP contribution is 2.18. The molecule has 0 aliphatic carbocycles. The highest BCUT2D eigenvalue weighted by atomic mass is 16.6. The lowest BCUT2D eigenvalue weighted by Gasteiger charge is -2.18. The topological polar surface area (TPSA) is 78.9 Å². The molecule has 0 radical (unpaired) electrons. The van der Waals surface area contributed by atoms with Crippen molar-refractivity contribution in [3.8, 4) is 0 Å². The fraction of sp³-hybridized carbons (Fsp3) is 0.776. The molecule has 0 aliphatic heterocycles. The molecule has 82 heavy (non-hydrogen) atoms. The second kappa shape index (κ2) is 70.1. The molecule has 0 aliphatic rings. The first-order valence-electron chi connectivity index (χ1n) is 35.6. The van der Waals surface area contributed by atoms with E-state index in [4.69, 9.17) is 14.2 Å². The molecule has 0 spiro atoms. The van der Waals surface area contributed by atoms with E-state index in [-0.39, 0.29) is 31.1 Å². The third-order valence-corrected chi connectivity index (χ3v) is 15.6. The zero-order valence-electron chi connectivity index (χ0n) is 54.5. The van der Waals surface area contributed by atoms with E-state index in [1.54, 1.807) is 0 Å². The smallest absolute Gasteiger partial charge is 0.306 e. The Kier molecular flexibility index (Phi) is 67.2. The van der Waals surface area contributed by atoms with Gasteiger partial charge in [-0.25, -0.2) is 0 Å². The van der Waals surface area contributed by atoms with Crippen molar-refractivity contribution in [2.24, 2.45) is 0 Å². The summed E-state index contributed by atoms with van der Waals surface area (Å²) in [4.78, 5) is 38.4. The van der Waals surface area contributed by atoms with E-state index in [0.717, 1.165) is 103 Å². The fourth-order valence-electron chi connectivity index (χ4n) is 10.3. The third kappa shape index (κ3) is 67.4. The van der Waals surface area contributed by atoms with Crippen LogP contribution in [-0.2, 0) is 28.6 Å². The first-order chi connectivity index (χ1) is 40.5. The first kappa shape index (κ1) is 78.6. The summed E-state index contributed by atoms with van der Waals surface area (Å²) in [5, 5.41) is 0. The van der Waals surface area contributed by atoms with Crippen molar-refractivity contribution >= 4 is 17.9 Å². The van der Waals surface area contributed by atoms with Gasteiger partial charge in [-0.1, -0.05) is 318 Å². The summed E-state index contributed by atoms with van der Waals surface area (Å²) >= 11 is 0. The quantitative estimate of drug-likeness (QED) is 0.0261. The number of hydrogen-bond donors (Lipinski definition) is 0. The van der Waals surface area contributed by atoms with Crippen molar-refractivity contribution in [2.45, 2.75) is 367 Å². The Balaban J connectivity index is 4.28. The van der Waals surface area contributed by atoms with Gasteiger partial charge in [-0.2, -0.15) is 0 Å². The Labute approximate surface area is 509 Å². The number of carbonyl (C=O) groups is 3. The standard InChI is InChI=1S/C76H134O6/c1-4-7-10-13-16-19-22-25-28-30-32-34-36-37-38-39-41-42-44-46-48-51-54-57-60-63-66-69-75(78)81-72-73(71-80-74(77)68-65-62-59-56-53-50-27-24-21-18-15-12-9-6-3)82-76(79)70-67-64-61-58-55-52-49-47-45-43-40-35-33-31-29-26-23-20-17-14-11-8-5-2/h8,11,15,17-18,20,24,26-27,29-30,32-33,35,73H,4-7,9-10,12-14,16,19,21-23,25,28,31,34,36-72H2,1-3H3/b11-8-,18-15-,20-17-,27-24-,29-26-,32-30-,35-33-. The fourth-order valence-corrected chi connectivity index (χ4v) is 10.3. The maximum atomic E-state index is 13.0. The summed E-state index contributed by atoms with van der Waals surface area (Å²) in [5.74, 6) is -0.881. The van der Waals surface area contributed by atoms with Crippen molar-refractivity contribution in [3.63, 3.8) is 0 Å². The van der Waals surface area contributed by atoms with Gasteiger partial charge in [-0.15, -0.1) is 0 Å². The predicted molar refractivity (Wildman–Crippen MR) is 358 cm³/mol. The highest BCUT2D eigenvalue weighted by molar-refractivity contribution is 5.71. The minimum absolute atomic E-state index is 0.0802. The molecule has 0 bridgehead atoms. The van der Waals surface area contributed by atoms with Gasteiger partial charge in [0.05, 0.1) is 0 Å². The van der Waals surface area contributed by atoms with E-state index in [1.807, 2.05) is 0 Å². The summed E-state index contributed by atoms with van der Waals surface area (Å²) < 4.78 is 17.0. The molecule has 0 saturated heterocycles. The molecule has 6 nitrogen and oxygen atoms in total. The largest absolute Gasteiger partial charge is 0.462 e. The number of hydrogen-bond acceptors (Lipinski definition) is 6. The van der Waals surface area contributed by atoms with E-state index in [9.17, 15) is 14.4 Å². The Bertz CT molecular complexity index is 1550. The molecule has 474 valence electrons. The minimum Gasteiger partial charge on any atom is -0.462 e. The third-order valence-electron chi connectivity index (χ3n) is 15.6. The van der Waals surface area contributed by atoms with Crippen molar-refractivity contribution in [1.82, 2.24) is 0 Å². The number of esters is 3. The number of allylic oxidation sites excluding steroid dienone is 14. The molecule has 0 heterocycles. The second-order valence-electron chi connectivity index (χ2n) is 23.8. The van der Waals surface area contributed by atoms with Crippen LogP contribution in [0.2, 0.25) is 0 Å². The number of unbranched alkanes of at least 4 members (excludes halogenated alkanes) is 40. The highest BCUT2D eigenvalue weighted by Gasteiger charge is 2.19. The van der Waals surface area contributed by atoms with Gasteiger partial charge in [0.1, 0.15) is 13.2 Å². The molecule has 0 aromatic carbocycles. The SMILES string of the molecule is CC/C=C\C/C=C\C/C=C\C/C=C\CCCCCCCCCCCCC(=O)OC(COC(=O)CCCCCCC/C=C\C/C=C\CCCC)COC(=O)CCCCCCCCCCCCCCCCC/C=C\CCCCCCCCCC. The van der Waals surface area contributed by atoms with Crippen molar-refractivity contribution in [1.29, 1.82) is 0 Å². The van der Waals surface area contributed by atoms with Crippen LogP contribution in [0.25, 0.3) is 0 Å². The second-order valence-corrected chi connectivity index (χ2v) is 23.8. The molecule has 0 saturated carbocycles. The Morgan fingerprint density at radius 3 is 0.793 bits per heavy atom. The van der Waals surface area contributed by atoms with E-state index >= 15 is 0 Å². The van der Waals surface area contributed by atoms with E-state index in [0.29, 0.717) is 19.3 Å². The van der Waals surface area contributed by atoms with E-state index in [1.165, 1.54) is 218 Å². The zero-order chi connectivity index (χ0) is 59.2. The van der Waals surface area contributed by atoms with Crippen LogP contribution in [-0.4, -0.2) is 37.2 Å². The first-order valence-corrected chi connectivity index (χ1v) is 35.6. The molecular weight excluding hydrogens is 1010 g/mol. The van der Waals surface area contributed by atoms with Gasteiger partial charge in [0, 0.05) is 19.3 Å². The molecule has 1 unspecified atom stereocenters. The van der Waals surface area contributed by atoms with Gasteiger partial charge >= 0.3 is 17.9 Å². The molecule has 0 amide bonds. The number of rotatable bonds is 65. The minimum atomic E-state index is -0.786. The van der Waals surface area contributed by atoms with Crippen LogP contribution >= 0.6 is 0 Å². The van der Waals surface area contributed by atoms with Crippen molar-refractivity contribution in [3.05, 3.63) is 85.1 Å². The monoisotopic (exact) mass is 1140 g/mol. The van der Waals surface area contributed by atoms with Crippen LogP contribution in [0.15, 0.2) is 85.1 Å². The Hall–Kier alpha value is -3.41. The normalized spacial score (nSPS) is 12.6. The lowest BCUT2D eigenvalue weighted by atomic mass is 10.0. The van der Waals surface area contributed by atoms with Crippen molar-refractivity contribution in [2.75, 3.05) is 13.2 Å². The summed E-state index contributed by atoms with van der Waals surface area (Å²) in [7, 11) is 0. The maximum Gasteiger partial charge on any atom is 0.306 e. The van der Waals surface area contributed by atoms with Gasteiger partial charge in [-0.05, 0) is 109 Å². The van der Waals surface area contributed by atoms with Crippen LogP contribution < -0.4 is 0 Å². The van der Waals surface area contributed by atoms with Gasteiger partial charge in [-0.3, -0.25) is 14.4 Å². The van der Waals surface area contributed by atoms with E-state index < -0.39 is 6.10 Å². The van der Waals surface area contributed by atoms with Crippen LogP contribution in [0.4, 0.5) is 0 Å². The number of carbonyl (C=O) groups excluding carboxylic acids is 3. The lowest BCUT2D eigenvalue weighted by Crippen LogP contribution is -2.30. The summed E-state index contributed by atoms with van der Waals surface area (Å²) in [5.41, 5.74) is 0. The molecule has 0 aromatic heterocycles. The summed E-state index contributed by atoms with van der Waals surface area (Å²) in [6.45, 7) is 6.52. The van der Waals surface area contributed by atoms with Crippen molar-refractivity contribution < 1.29 is 28.6 Å². The molecular formula is C76H134O6. The molecule has 0 fully saturated rings. The summed E-state index contributed by atoms with van der Waals surface area (Å²) in [6, 6.07) is 0. The number of ether oxygens (including phenoxy) is 3. The van der Waals surface area contributed by atoms with Crippen LogP contribution in [0.5, 0.6) is 0 Å². The van der Waals surface area contributed by atoms with Gasteiger partial charge in [0.2, 0.25) is 0 Å². The molecule has 6 heteroatoms. The van der Waals surface area contributed by atoms with Crippen LogP contribution in [0, 0.1) is 0 Å². The molecule has 1 atom stereocenters. The average molecular weight is 1140 g/mol. The average Bonchev–Trinajstić information content (AvgIpc) is 3.47. The van der Waals surface area contributed by atoms with Gasteiger partial charge in [0.15, 0.2) is 6.10 Å². The molecule has 0 rings (SSSR count). The Morgan fingerprint density at radius 2 is 0.488 bits per heavy atom. The zero-order valence-corrected chi connectivity index (χ0v) is 54.5. The Morgan fingerprint density at radius 1 is 0.256 bits per heavy atom. The molecule has 0 N–H and O–H groups in total. The van der Waals surface area contributed by atoms with Crippen LogP contribution in [0.3, 0.4) is 0 Å². The van der Waals surface area contributed by atoms with E-state index in [2.05, 4.69) is 106 Å². The maximum absolute atomic E-state index is 13.0. The molecule has 0 aromatic rings. The van der Waals surface area contributed by atoms with Gasteiger partial charge in [0.25, 0.3) is 0 Å². The van der Waals surface area contributed by atoms with Crippen LogP contribution in [0.1, 0.15) is 361 Å². The lowest BCUT2D eigenvalue weighted by molar-refractivity contribution is -0.167. The predicted octanol–water partition coefficient (Wildman–Crippen LogP) is 24.6. The summed E-state index contributed by atoms with van der Waals surface area (Å²) in [6.07, 6.45) is 93.3. The van der Waals surface area contributed by atoms with Gasteiger partial charge < -0.3 is 14.2 Å².